The molecule has 0 saturated heterocycles. The Labute approximate surface area is 249 Å². The first-order chi connectivity index (χ1) is 18.5. The van der Waals surface area contributed by atoms with Crippen molar-refractivity contribution in [1.29, 1.82) is 0 Å². The Hall–Kier alpha value is -1.01. The lowest BCUT2D eigenvalue weighted by Crippen LogP contribution is -2.35. The van der Waals surface area contributed by atoms with Crippen molar-refractivity contribution in [3.8, 4) is 0 Å². The van der Waals surface area contributed by atoms with E-state index in [1.807, 2.05) is 26.6 Å². The van der Waals surface area contributed by atoms with E-state index in [-0.39, 0.29) is 30.0 Å². The van der Waals surface area contributed by atoms with Gasteiger partial charge in [-0.3, -0.25) is 4.79 Å². The van der Waals surface area contributed by atoms with Crippen LogP contribution < -0.4 is 0 Å². The molecule has 0 amide bonds. The number of carbonyl (C=O) groups excluding carboxylic acids is 1. The second-order valence-electron chi connectivity index (χ2n) is 14.0. The first-order valence-corrected chi connectivity index (χ1v) is 25.9. The van der Waals surface area contributed by atoms with E-state index < -0.39 is 25.0 Å². The van der Waals surface area contributed by atoms with Crippen LogP contribution in [0.2, 0.25) is 58.9 Å². The third-order valence-corrected chi connectivity index (χ3v) is 9.28. The molecule has 0 N–H and O–H groups in total. The highest BCUT2D eigenvalue weighted by atomic mass is 28.4. The van der Waals surface area contributed by atoms with E-state index in [0.717, 1.165) is 37.8 Å². The molecular weight excluding hydrogens is 551 g/mol. The Kier molecular flexibility index (Phi) is 16.5. The third-order valence-electron chi connectivity index (χ3n) is 6.42. The summed E-state index contributed by atoms with van der Waals surface area (Å²) in [5, 5.41) is 4.58. The summed E-state index contributed by atoms with van der Waals surface area (Å²) in [6, 6.07) is 0. The highest BCUT2D eigenvalue weighted by Crippen LogP contribution is 2.38. The molecule has 0 aliphatic heterocycles. The van der Waals surface area contributed by atoms with E-state index in [4.69, 9.17) is 18.1 Å². The topological polar surface area (TPSA) is 66.4 Å². The first kappa shape index (κ1) is 37.0. The summed E-state index contributed by atoms with van der Waals surface area (Å²) in [6.07, 6.45) is 17.9. The maximum atomic E-state index is 12.1. The number of nitrogens with zero attached hydrogens (tertiary/aromatic N) is 1. The van der Waals surface area contributed by atoms with Crippen molar-refractivity contribution < 1.29 is 22.9 Å². The van der Waals surface area contributed by atoms with Gasteiger partial charge in [0.25, 0.3) is 5.97 Å². The summed E-state index contributed by atoms with van der Waals surface area (Å²) in [6.45, 7) is 24.5. The van der Waals surface area contributed by atoms with E-state index in [2.05, 4.69) is 75.7 Å². The molecule has 40 heavy (non-hydrogen) atoms. The second kappa shape index (κ2) is 17.8. The highest BCUT2D eigenvalue weighted by Gasteiger charge is 2.42. The molecule has 9 heteroatoms. The predicted molar refractivity (Wildman–Crippen MR) is 177 cm³/mol. The van der Waals surface area contributed by atoms with Crippen LogP contribution in [0.1, 0.15) is 71.6 Å². The van der Waals surface area contributed by atoms with Crippen LogP contribution in [0.25, 0.3) is 0 Å². The van der Waals surface area contributed by atoms with Gasteiger partial charge in [0.15, 0.2) is 16.6 Å². The van der Waals surface area contributed by atoms with Crippen LogP contribution in [0.4, 0.5) is 0 Å². The van der Waals surface area contributed by atoms with E-state index in [0.29, 0.717) is 13.0 Å². The molecule has 1 rings (SSSR count). The Morgan fingerprint density at radius 3 is 2.23 bits per heavy atom. The van der Waals surface area contributed by atoms with Gasteiger partial charge in [0.1, 0.15) is 6.61 Å². The molecule has 0 bridgehead atoms. The number of hydrogen-bond donors (Lipinski definition) is 0. The van der Waals surface area contributed by atoms with Gasteiger partial charge in [-0.1, -0.05) is 55.6 Å². The molecular formula is C31H61NO5Si3. The SMILES string of the molecule is CCCCC[C@@H](/C=C/[C@H]1[C@H](O[Si](C)(C)C)CC(=NOCC)[C@@H]1C/C=C\CCCC(=O)O[Si](C)(C)C)O[Si](C)(C)C. The molecule has 0 aromatic heterocycles. The molecule has 0 heterocycles. The van der Waals surface area contributed by atoms with Crippen molar-refractivity contribution in [1.82, 2.24) is 0 Å². The monoisotopic (exact) mass is 611 g/mol. The molecule has 0 unspecified atom stereocenters. The number of rotatable bonds is 19. The maximum Gasteiger partial charge on any atom is 0.292 e. The maximum absolute atomic E-state index is 12.1. The van der Waals surface area contributed by atoms with Gasteiger partial charge in [0.05, 0.1) is 17.9 Å². The van der Waals surface area contributed by atoms with Crippen molar-refractivity contribution in [2.45, 2.75) is 143 Å². The predicted octanol–water partition coefficient (Wildman–Crippen LogP) is 9.09. The molecule has 1 aliphatic carbocycles. The van der Waals surface area contributed by atoms with Gasteiger partial charge < -0.3 is 18.1 Å². The van der Waals surface area contributed by atoms with Crippen LogP contribution in [0.5, 0.6) is 0 Å². The minimum Gasteiger partial charge on any atom is -0.520 e. The molecule has 4 atom stereocenters. The fourth-order valence-corrected chi connectivity index (χ4v) is 8.01. The standard InChI is InChI=1S/C31H61NO5Si3/c1-12-14-17-20-26(35-38(3,4)5)23-24-28-27(21-18-15-16-19-22-31(33)37-40(9,10)11)29(32-34-13-2)25-30(28)36-39(6,7)8/h15,18,23-24,26-28,30H,12-14,16-17,19-22,25H2,1-11H3/b18-15-,24-23+,32-29?/t26-,27+,28+,30+/m0/s1. The zero-order valence-electron chi connectivity index (χ0n) is 27.7. The number of allylic oxidation sites excluding steroid dienone is 2. The van der Waals surface area contributed by atoms with Crippen LogP contribution in [0, 0.1) is 11.8 Å². The second-order valence-corrected chi connectivity index (χ2v) is 27.3. The molecule has 1 saturated carbocycles. The molecule has 0 aromatic rings. The molecule has 0 radical (unpaired) electrons. The normalized spacial score (nSPS) is 22.5. The van der Waals surface area contributed by atoms with E-state index in [1.165, 1.54) is 19.3 Å². The van der Waals surface area contributed by atoms with Gasteiger partial charge in [0, 0.05) is 24.7 Å². The summed E-state index contributed by atoms with van der Waals surface area (Å²) in [4.78, 5) is 17.6. The lowest BCUT2D eigenvalue weighted by atomic mass is 9.89. The first-order valence-electron chi connectivity index (χ1n) is 15.6. The summed E-state index contributed by atoms with van der Waals surface area (Å²) < 4.78 is 18.9. The molecule has 0 spiro atoms. The lowest BCUT2D eigenvalue weighted by Gasteiger charge is -2.29. The molecule has 1 fully saturated rings. The van der Waals surface area contributed by atoms with Crippen molar-refractivity contribution in [3.63, 3.8) is 0 Å². The number of unbranched alkanes of at least 4 members (excludes halogenated alkanes) is 3. The van der Waals surface area contributed by atoms with Crippen molar-refractivity contribution in [3.05, 3.63) is 24.3 Å². The minimum absolute atomic E-state index is 0.0694. The number of hydrogen-bond acceptors (Lipinski definition) is 6. The van der Waals surface area contributed by atoms with Crippen molar-refractivity contribution in [2.24, 2.45) is 17.0 Å². The van der Waals surface area contributed by atoms with Gasteiger partial charge >= 0.3 is 0 Å². The Balaban J connectivity index is 3.08. The van der Waals surface area contributed by atoms with E-state index >= 15 is 0 Å². The summed E-state index contributed by atoms with van der Waals surface area (Å²) in [5.74, 6) is 0.377. The largest absolute Gasteiger partial charge is 0.520 e. The highest BCUT2D eigenvalue weighted by molar-refractivity contribution is 6.71. The number of oxime groups is 1. The summed E-state index contributed by atoms with van der Waals surface area (Å²) >= 11 is 0. The zero-order valence-corrected chi connectivity index (χ0v) is 30.7. The van der Waals surface area contributed by atoms with Gasteiger partial charge in [-0.05, 0) is 91.5 Å². The van der Waals surface area contributed by atoms with Gasteiger partial charge in [0.2, 0.25) is 8.32 Å². The minimum atomic E-state index is -1.82. The van der Waals surface area contributed by atoms with Crippen LogP contribution in [-0.4, -0.2) is 55.4 Å². The average Bonchev–Trinajstić information content (AvgIpc) is 3.10. The van der Waals surface area contributed by atoms with Crippen LogP contribution in [0.15, 0.2) is 29.5 Å². The molecule has 6 nitrogen and oxygen atoms in total. The van der Waals surface area contributed by atoms with Crippen LogP contribution in [-0.2, 0) is 22.9 Å². The van der Waals surface area contributed by atoms with Crippen LogP contribution >= 0.6 is 0 Å². The van der Waals surface area contributed by atoms with E-state index in [9.17, 15) is 4.79 Å². The smallest absolute Gasteiger partial charge is 0.292 e. The Bertz CT molecular complexity index is 824. The molecule has 232 valence electrons. The Morgan fingerprint density at radius 1 is 0.950 bits per heavy atom. The van der Waals surface area contributed by atoms with Gasteiger partial charge in [-0.2, -0.15) is 0 Å². The lowest BCUT2D eigenvalue weighted by molar-refractivity contribution is -0.135. The van der Waals surface area contributed by atoms with Gasteiger partial charge in [-0.15, -0.1) is 0 Å². The van der Waals surface area contributed by atoms with Gasteiger partial charge in [-0.25, -0.2) is 0 Å². The Morgan fingerprint density at radius 2 is 1.65 bits per heavy atom. The molecule has 1 aliphatic rings. The zero-order chi connectivity index (χ0) is 30.4. The number of carbonyl (C=O) groups is 1. The van der Waals surface area contributed by atoms with E-state index in [1.54, 1.807) is 0 Å². The van der Waals surface area contributed by atoms with Crippen molar-refractivity contribution in [2.75, 3.05) is 6.61 Å². The van der Waals surface area contributed by atoms with Crippen LogP contribution in [0.3, 0.4) is 0 Å². The third kappa shape index (κ3) is 17.1. The summed E-state index contributed by atoms with van der Waals surface area (Å²) in [7, 11) is -5.26. The van der Waals surface area contributed by atoms with Crippen molar-refractivity contribution >= 4 is 36.6 Å². The fourth-order valence-electron chi connectivity index (χ4n) is 4.97. The summed E-state index contributed by atoms with van der Waals surface area (Å²) in [5.41, 5.74) is 1.09. The quantitative estimate of drug-likeness (QED) is 0.0631. The molecule has 0 aromatic carbocycles. The fraction of sp³-hybridized carbons (Fsp3) is 0.806. The average molecular weight is 612 g/mol.